The standard InChI is InChI=1S/C16H18N2O4/c1-3-22-16(21)14-10(2)17-15(20)12(14)9-13(19)18-11-7-5-4-6-8-11/h4-8,12H,3,9H2,1-2H3,(H,17,20)(H,18,19)/t12-/m1/s1. The fourth-order valence-electron chi connectivity index (χ4n) is 2.35. The summed E-state index contributed by atoms with van der Waals surface area (Å²) < 4.78 is 4.95. The molecule has 1 aliphatic rings. The van der Waals surface area contributed by atoms with Gasteiger partial charge in [0, 0.05) is 17.8 Å². The maximum atomic E-state index is 12.1. The van der Waals surface area contributed by atoms with E-state index in [1.165, 1.54) is 0 Å². The molecule has 0 aromatic heterocycles. The first-order valence-corrected chi connectivity index (χ1v) is 7.06. The van der Waals surface area contributed by atoms with Crippen LogP contribution in [0, 0.1) is 5.92 Å². The van der Waals surface area contributed by atoms with Crippen molar-refractivity contribution in [3.63, 3.8) is 0 Å². The first-order valence-electron chi connectivity index (χ1n) is 7.06. The molecule has 2 N–H and O–H groups in total. The van der Waals surface area contributed by atoms with E-state index in [4.69, 9.17) is 4.74 Å². The van der Waals surface area contributed by atoms with Crippen molar-refractivity contribution in [1.29, 1.82) is 0 Å². The summed E-state index contributed by atoms with van der Waals surface area (Å²) in [6.45, 7) is 3.53. The normalized spacial score (nSPS) is 17.2. The molecular weight excluding hydrogens is 284 g/mol. The SMILES string of the molecule is CCOC(=O)C1=C(C)NC(=O)[C@@H]1CC(=O)Nc1ccccc1. The monoisotopic (exact) mass is 302 g/mol. The molecule has 22 heavy (non-hydrogen) atoms. The van der Waals surface area contributed by atoms with Crippen molar-refractivity contribution >= 4 is 23.5 Å². The van der Waals surface area contributed by atoms with Crippen molar-refractivity contribution in [3.8, 4) is 0 Å². The number of benzene rings is 1. The van der Waals surface area contributed by atoms with E-state index >= 15 is 0 Å². The molecule has 1 aliphatic heterocycles. The Morgan fingerprint density at radius 1 is 1.27 bits per heavy atom. The van der Waals surface area contributed by atoms with Crippen LogP contribution < -0.4 is 10.6 Å². The highest BCUT2D eigenvalue weighted by atomic mass is 16.5. The van der Waals surface area contributed by atoms with E-state index in [9.17, 15) is 14.4 Å². The topological polar surface area (TPSA) is 84.5 Å². The van der Waals surface area contributed by atoms with E-state index < -0.39 is 11.9 Å². The second-order valence-corrected chi connectivity index (χ2v) is 4.92. The number of hydrogen-bond donors (Lipinski definition) is 2. The third-order valence-corrected chi connectivity index (χ3v) is 3.32. The molecular formula is C16H18N2O4. The van der Waals surface area contributed by atoms with Crippen LogP contribution >= 0.6 is 0 Å². The molecule has 0 fully saturated rings. The molecule has 0 radical (unpaired) electrons. The average Bonchev–Trinajstić information content (AvgIpc) is 2.74. The van der Waals surface area contributed by atoms with Crippen LogP contribution in [-0.2, 0) is 19.1 Å². The van der Waals surface area contributed by atoms with E-state index in [1.54, 1.807) is 38.1 Å². The molecule has 0 spiro atoms. The lowest BCUT2D eigenvalue weighted by molar-refractivity contribution is -0.140. The third-order valence-electron chi connectivity index (χ3n) is 3.32. The van der Waals surface area contributed by atoms with Gasteiger partial charge in [-0.3, -0.25) is 9.59 Å². The zero-order valence-electron chi connectivity index (χ0n) is 12.5. The molecule has 116 valence electrons. The Labute approximate surface area is 128 Å². The Hall–Kier alpha value is -2.63. The van der Waals surface area contributed by atoms with Gasteiger partial charge in [-0.05, 0) is 26.0 Å². The first-order chi connectivity index (χ1) is 10.5. The molecule has 0 saturated carbocycles. The van der Waals surface area contributed by atoms with Crippen LogP contribution in [0.3, 0.4) is 0 Å². The molecule has 6 heteroatoms. The highest BCUT2D eigenvalue weighted by molar-refractivity contribution is 6.05. The number of amides is 2. The van der Waals surface area contributed by atoms with Crippen molar-refractivity contribution < 1.29 is 19.1 Å². The average molecular weight is 302 g/mol. The van der Waals surface area contributed by atoms with E-state index in [0.717, 1.165) is 0 Å². The Balaban J connectivity index is 2.08. The van der Waals surface area contributed by atoms with Gasteiger partial charge in [-0.2, -0.15) is 0 Å². The largest absolute Gasteiger partial charge is 0.463 e. The number of para-hydroxylation sites is 1. The van der Waals surface area contributed by atoms with Gasteiger partial charge in [-0.15, -0.1) is 0 Å². The quantitative estimate of drug-likeness (QED) is 0.809. The number of nitrogens with one attached hydrogen (secondary N) is 2. The summed E-state index contributed by atoms with van der Waals surface area (Å²) in [5.41, 5.74) is 1.32. The molecule has 0 bridgehead atoms. The molecule has 1 aromatic carbocycles. The smallest absolute Gasteiger partial charge is 0.336 e. The summed E-state index contributed by atoms with van der Waals surface area (Å²) in [5.74, 6) is -2.06. The fraction of sp³-hybridized carbons (Fsp3) is 0.312. The summed E-state index contributed by atoms with van der Waals surface area (Å²) in [4.78, 5) is 36.0. The van der Waals surface area contributed by atoms with Crippen LogP contribution in [0.15, 0.2) is 41.6 Å². The predicted octanol–water partition coefficient (Wildman–Crippen LogP) is 1.60. The molecule has 2 amide bonds. The number of rotatable bonds is 5. The van der Waals surface area contributed by atoms with Gasteiger partial charge >= 0.3 is 5.97 Å². The maximum Gasteiger partial charge on any atom is 0.336 e. The van der Waals surface area contributed by atoms with Gasteiger partial charge in [0.05, 0.1) is 18.1 Å². The van der Waals surface area contributed by atoms with Crippen LogP contribution in [0.5, 0.6) is 0 Å². The Morgan fingerprint density at radius 3 is 2.59 bits per heavy atom. The van der Waals surface area contributed by atoms with Crippen LogP contribution in [0.2, 0.25) is 0 Å². The summed E-state index contributed by atoms with van der Waals surface area (Å²) in [6.07, 6.45) is -0.105. The van der Waals surface area contributed by atoms with Gasteiger partial charge in [0.25, 0.3) is 0 Å². The van der Waals surface area contributed by atoms with Gasteiger partial charge in [0.15, 0.2) is 0 Å². The molecule has 2 rings (SSSR count). The van der Waals surface area contributed by atoms with Crippen LogP contribution in [0.4, 0.5) is 5.69 Å². The third kappa shape index (κ3) is 3.52. The zero-order valence-corrected chi connectivity index (χ0v) is 12.5. The van der Waals surface area contributed by atoms with Crippen molar-refractivity contribution in [3.05, 3.63) is 41.6 Å². The molecule has 6 nitrogen and oxygen atoms in total. The second kappa shape index (κ2) is 6.89. The predicted molar refractivity (Wildman–Crippen MR) is 80.7 cm³/mol. The maximum absolute atomic E-state index is 12.1. The summed E-state index contributed by atoms with van der Waals surface area (Å²) in [5, 5.41) is 5.29. The number of allylic oxidation sites excluding steroid dienone is 1. The van der Waals surface area contributed by atoms with Gasteiger partial charge in [0.2, 0.25) is 11.8 Å². The number of esters is 1. The minimum Gasteiger partial charge on any atom is -0.463 e. The molecule has 1 atom stereocenters. The highest BCUT2D eigenvalue weighted by Gasteiger charge is 2.37. The number of hydrogen-bond acceptors (Lipinski definition) is 4. The van der Waals surface area contributed by atoms with Crippen molar-refractivity contribution in [2.45, 2.75) is 20.3 Å². The first kappa shape index (κ1) is 15.8. The summed E-state index contributed by atoms with van der Waals surface area (Å²) in [6, 6.07) is 8.93. The number of anilines is 1. The van der Waals surface area contributed by atoms with Crippen molar-refractivity contribution in [2.75, 3.05) is 11.9 Å². The number of carbonyl (C=O) groups is 3. The van der Waals surface area contributed by atoms with E-state index in [2.05, 4.69) is 10.6 Å². The molecule has 1 heterocycles. The minimum atomic E-state index is -0.817. The van der Waals surface area contributed by atoms with Gasteiger partial charge < -0.3 is 15.4 Å². The number of ether oxygens (including phenoxy) is 1. The molecule has 0 saturated heterocycles. The van der Waals surface area contributed by atoms with Crippen molar-refractivity contribution in [1.82, 2.24) is 5.32 Å². The van der Waals surface area contributed by atoms with Crippen molar-refractivity contribution in [2.24, 2.45) is 5.92 Å². The Kier molecular flexibility index (Phi) is 4.93. The van der Waals surface area contributed by atoms with E-state index in [0.29, 0.717) is 11.4 Å². The Morgan fingerprint density at radius 2 is 1.95 bits per heavy atom. The second-order valence-electron chi connectivity index (χ2n) is 4.92. The lowest BCUT2D eigenvalue weighted by atomic mass is 9.96. The fourth-order valence-corrected chi connectivity index (χ4v) is 2.35. The molecule has 0 unspecified atom stereocenters. The highest BCUT2D eigenvalue weighted by Crippen LogP contribution is 2.26. The lowest BCUT2D eigenvalue weighted by Crippen LogP contribution is -2.27. The Bertz CT molecular complexity index is 622. The van der Waals surface area contributed by atoms with Crippen LogP contribution in [0.25, 0.3) is 0 Å². The van der Waals surface area contributed by atoms with E-state index in [-0.39, 0.29) is 30.4 Å². The van der Waals surface area contributed by atoms with Gasteiger partial charge in [-0.25, -0.2) is 4.79 Å². The zero-order chi connectivity index (χ0) is 16.1. The van der Waals surface area contributed by atoms with Crippen LogP contribution in [-0.4, -0.2) is 24.4 Å². The van der Waals surface area contributed by atoms with Gasteiger partial charge in [-0.1, -0.05) is 18.2 Å². The van der Waals surface area contributed by atoms with E-state index in [1.807, 2.05) is 6.07 Å². The molecule has 1 aromatic rings. The summed E-state index contributed by atoms with van der Waals surface area (Å²) >= 11 is 0. The summed E-state index contributed by atoms with van der Waals surface area (Å²) in [7, 11) is 0. The van der Waals surface area contributed by atoms with Gasteiger partial charge in [0.1, 0.15) is 0 Å². The van der Waals surface area contributed by atoms with Crippen LogP contribution in [0.1, 0.15) is 20.3 Å². The number of carbonyl (C=O) groups excluding carboxylic acids is 3. The minimum absolute atomic E-state index is 0.105. The lowest BCUT2D eigenvalue weighted by Gasteiger charge is -2.12. The molecule has 0 aliphatic carbocycles.